The lowest BCUT2D eigenvalue weighted by Gasteiger charge is -2.04. The second-order valence-corrected chi connectivity index (χ2v) is 4.57. The molecule has 0 spiro atoms. The fourth-order valence-corrected chi connectivity index (χ4v) is 1.79. The summed E-state index contributed by atoms with van der Waals surface area (Å²) in [5.41, 5.74) is 1.17. The van der Waals surface area contributed by atoms with Crippen molar-refractivity contribution in [3.05, 3.63) is 15.6 Å². The van der Waals surface area contributed by atoms with E-state index in [0.717, 1.165) is 6.54 Å². The number of aromatic nitrogens is 1. The van der Waals surface area contributed by atoms with Gasteiger partial charge < -0.3 is 5.32 Å². The van der Waals surface area contributed by atoms with Gasteiger partial charge in [-0.2, -0.15) is 0 Å². The molecule has 0 radical (unpaired) electrons. The van der Waals surface area contributed by atoms with Crippen LogP contribution < -0.4 is 5.32 Å². The van der Waals surface area contributed by atoms with E-state index in [1.807, 2.05) is 0 Å². The Morgan fingerprint density at radius 2 is 2.08 bits per heavy atom. The molecule has 0 amide bonds. The minimum Gasteiger partial charge on any atom is -0.308 e. The summed E-state index contributed by atoms with van der Waals surface area (Å²) >= 11 is 1.78. The molecule has 68 valence electrons. The molecule has 1 aromatic rings. The Balaban J connectivity index is 2.53. The largest absolute Gasteiger partial charge is 0.308 e. The molecule has 12 heavy (non-hydrogen) atoms. The number of rotatable bonds is 3. The van der Waals surface area contributed by atoms with E-state index < -0.39 is 0 Å². The normalized spacial score (nSPS) is 11.1. The molecular weight excluding hydrogens is 168 g/mol. The third-order valence-electron chi connectivity index (χ3n) is 1.73. The van der Waals surface area contributed by atoms with E-state index in [1.165, 1.54) is 15.6 Å². The van der Waals surface area contributed by atoms with Crippen LogP contribution >= 0.6 is 11.3 Å². The van der Waals surface area contributed by atoms with Gasteiger partial charge in [0.1, 0.15) is 5.01 Å². The average molecular weight is 184 g/mol. The zero-order valence-corrected chi connectivity index (χ0v) is 8.96. The zero-order valence-electron chi connectivity index (χ0n) is 8.14. The molecule has 0 aliphatic carbocycles. The van der Waals surface area contributed by atoms with Gasteiger partial charge in [0.25, 0.3) is 0 Å². The average Bonchev–Trinajstić information content (AvgIpc) is 2.28. The molecule has 0 aliphatic rings. The standard InChI is InChI=1S/C9H16N2S/c1-6(2)10-5-9-11-7(3)8(4)12-9/h6,10H,5H2,1-4H3. The summed E-state index contributed by atoms with van der Waals surface area (Å²) in [4.78, 5) is 5.77. The van der Waals surface area contributed by atoms with Gasteiger partial charge in [-0.25, -0.2) is 4.98 Å². The van der Waals surface area contributed by atoms with Gasteiger partial charge in [-0.3, -0.25) is 0 Å². The van der Waals surface area contributed by atoms with Crippen molar-refractivity contribution in [2.24, 2.45) is 0 Å². The molecule has 2 nitrogen and oxygen atoms in total. The first kappa shape index (κ1) is 9.68. The zero-order chi connectivity index (χ0) is 9.14. The van der Waals surface area contributed by atoms with E-state index in [0.29, 0.717) is 6.04 Å². The number of hydrogen-bond acceptors (Lipinski definition) is 3. The van der Waals surface area contributed by atoms with E-state index >= 15 is 0 Å². The molecule has 1 heterocycles. The van der Waals surface area contributed by atoms with Gasteiger partial charge >= 0.3 is 0 Å². The van der Waals surface area contributed by atoms with Crippen molar-refractivity contribution in [2.75, 3.05) is 0 Å². The predicted octanol–water partition coefficient (Wildman–Crippen LogP) is 2.26. The molecule has 0 atom stereocenters. The van der Waals surface area contributed by atoms with Crippen molar-refractivity contribution in [3.63, 3.8) is 0 Å². The number of nitrogens with one attached hydrogen (secondary N) is 1. The van der Waals surface area contributed by atoms with Crippen LogP contribution in [0.5, 0.6) is 0 Å². The fourth-order valence-electron chi connectivity index (χ4n) is 0.906. The van der Waals surface area contributed by atoms with E-state index in [1.54, 1.807) is 11.3 Å². The van der Waals surface area contributed by atoms with E-state index in [-0.39, 0.29) is 0 Å². The van der Waals surface area contributed by atoms with Gasteiger partial charge in [0.05, 0.1) is 5.69 Å². The Hall–Kier alpha value is -0.410. The lowest BCUT2D eigenvalue weighted by molar-refractivity contribution is 0.587. The van der Waals surface area contributed by atoms with Crippen LogP contribution in [0.15, 0.2) is 0 Å². The summed E-state index contributed by atoms with van der Waals surface area (Å²) in [6, 6.07) is 0.537. The summed E-state index contributed by atoms with van der Waals surface area (Å²) in [6.07, 6.45) is 0. The van der Waals surface area contributed by atoms with Crippen molar-refractivity contribution in [2.45, 2.75) is 40.3 Å². The minimum absolute atomic E-state index is 0.537. The van der Waals surface area contributed by atoms with Crippen LogP contribution in [0.3, 0.4) is 0 Å². The molecule has 0 aromatic carbocycles. The van der Waals surface area contributed by atoms with Crippen molar-refractivity contribution < 1.29 is 0 Å². The predicted molar refractivity (Wildman–Crippen MR) is 53.6 cm³/mol. The van der Waals surface area contributed by atoms with Gasteiger partial charge in [0.2, 0.25) is 0 Å². The molecule has 1 rings (SSSR count). The monoisotopic (exact) mass is 184 g/mol. The van der Waals surface area contributed by atoms with E-state index in [9.17, 15) is 0 Å². The fraction of sp³-hybridized carbons (Fsp3) is 0.667. The van der Waals surface area contributed by atoms with Gasteiger partial charge in [0, 0.05) is 17.5 Å². The van der Waals surface area contributed by atoms with Gasteiger partial charge in [-0.1, -0.05) is 13.8 Å². The topological polar surface area (TPSA) is 24.9 Å². The second kappa shape index (κ2) is 4.01. The molecule has 0 saturated carbocycles. The summed E-state index contributed by atoms with van der Waals surface area (Å²) in [6.45, 7) is 9.37. The number of aryl methyl sites for hydroxylation is 2. The quantitative estimate of drug-likeness (QED) is 0.779. The molecule has 1 N–H and O–H groups in total. The highest BCUT2D eigenvalue weighted by molar-refractivity contribution is 7.11. The van der Waals surface area contributed by atoms with Crippen molar-refractivity contribution in [1.82, 2.24) is 10.3 Å². The Morgan fingerprint density at radius 3 is 2.50 bits per heavy atom. The van der Waals surface area contributed by atoms with Crippen LogP contribution in [-0.2, 0) is 6.54 Å². The van der Waals surface area contributed by atoms with Crippen molar-refractivity contribution in [1.29, 1.82) is 0 Å². The van der Waals surface area contributed by atoms with Crippen LogP contribution in [0.4, 0.5) is 0 Å². The smallest absolute Gasteiger partial charge is 0.107 e. The first-order valence-corrected chi connectivity index (χ1v) is 5.07. The van der Waals surface area contributed by atoms with Gasteiger partial charge in [-0.05, 0) is 13.8 Å². The second-order valence-electron chi connectivity index (χ2n) is 3.28. The molecule has 0 fully saturated rings. The van der Waals surface area contributed by atoms with Crippen LogP contribution in [-0.4, -0.2) is 11.0 Å². The summed E-state index contributed by atoms with van der Waals surface area (Å²) < 4.78 is 0. The van der Waals surface area contributed by atoms with Crippen LogP contribution in [0.1, 0.15) is 29.4 Å². The Bertz CT molecular complexity index is 234. The molecule has 1 aromatic heterocycles. The maximum Gasteiger partial charge on any atom is 0.107 e. The Morgan fingerprint density at radius 1 is 1.42 bits per heavy atom. The molecular formula is C9H16N2S. The van der Waals surface area contributed by atoms with Crippen LogP contribution in [0.2, 0.25) is 0 Å². The lowest BCUT2D eigenvalue weighted by Crippen LogP contribution is -2.21. The Kier molecular flexibility index (Phi) is 3.23. The first-order chi connectivity index (χ1) is 5.59. The highest BCUT2D eigenvalue weighted by atomic mass is 32.1. The summed E-state index contributed by atoms with van der Waals surface area (Å²) in [5.74, 6) is 0. The molecule has 3 heteroatoms. The molecule has 0 unspecified atom stereocenters. The van der Waals surface area contributed by atoms with E-state index in [4.69, 9.17) is 0 Å². The maximum absolute atomic E-state index is 4.44. The van der Waals surface area contributed by atoms with E-state index in [2.05, 4.69) is 38.0 Å². The van der Waals surface area contributed by atoms with Crippen molar-refractivity contribution >= 4 is 11.3 Å². The summed E-state index contributed by atoms with van der Waals surface area (Å²) in [7, 11) is 0. The number of nitrogens with zero attached hydrogens (tertiary/aromatic N) is 1. The Labute approximate surface area is 78.0 Å². The first-order valence-electron chi connectivity index (χ1n) is 4.26. The number of thiazole rings is 1. The molecule has 0 saturated heterocycles. The van der Waals surface area contributed by atoms with Crippen molar-refractivity contribution in [3.8, 4) is 0 Å². The molecule has 0 bridgehead atoms. The minimum atomic E-state index is 0.537. The highest BCUT2D eigenvalue weighted by Crippen LogP contribution is 2.15. The van der Waals surface area contributed by atoms with Gasteiger partial charge in [0.15, 0.2) is 0 Å². The highest BCUT2D eigenvalue weighted by Gasteiger charge is 2.02. The number of hydrogen-bond donors (Lipinski definition) is 1. The maximum atomic E-state index is 4.44. The third-order valence-corrected chi connectivity index (χ3v) is 2.81. The molecule has 0 aliphatic heterocycles. The third kappa shape index (κ3) is 2.57. The lowest BCUT2D eigenvalue weighted by atomic mass is 10.4. The van der Waals surface area contributed by atoms with Crippen LogP contribution in [0.25, 0.3) is 0 Å². The van der Waals surface area contributed by atoms with Gasteiger partial charge in [-0.15, -0.1) is 11.3 Å². The van der Waals surface area contributed by atoms with Crippen LogP contribution in [0, 0.1) is 13.8 Å². The summed E-state index contributed by atoms with van der Waals surface area (Å²) in [5, 5.41) is 4.54. The SMILES string of the molecule is Cc1nc(CNC(C)C)sc1C.